The molecule has 84 valence electrons. The molecule has 15 heavy (non-hydrogen) atoms. The molecule has 6 heteroatoms. The third kappa shape index (κ3) is 3.16. The molecular formula is C9H16N4OS. The van der Waals surface area contributed by atoms with Crippen LogP contribution in [0.1, 0.15) is 36.5 Å². The third-order valence-electron chi connectivity index (χ3n) is 2.07. The van der Waals surface area contributed by atoms with E-state index in [1.54, 1.807) is 4.90 Å². The molecule has 0 radical (unpaired) electrons. The summed E-state index contributed by atoms with van der Waals surface area (Å²) in [5.74, 6) is -0.0693. The molecule has 0 spiro atoms. The lowest BCUT2D eigenvalue weighted by atomic mass is 10.3. The molecule has 0 aliphatic rings. The van der Waals surface area contributed by atoms with Crippen LogP contribution in [0.3, 0.4) is 0 Å². The summed E-state index contributed by atoms with van der Waals surface area (Å²) in [6.07, 6.45) is 2.08. The number of carbonyl (C=O) groups excluding carboxylic acids is 1. The lowest BCUT2D eigenvalue weighted by molar-refractivity contribution is 0.0761. The fourth-order valence-electron chi connectivity index (χ4n) is 1.21. The first-order valence-corrected chi connectivity index (χ1v) is 5.89. The van der Waals surface area contributed by atoms with Crippen LogP contribution in [0.5, 0.6) is 0 Å². The van der Waals surface area contributed by atoms with Gasteiger partial charge >= 0.3 is 0 Å². The van der Waals surface area contributed by atoms with Crippen molar-refractivity contribution in [2.24, 2.45) is 0 Å². The van der Waals surface area contributed by atoms with Crippen molar-refractivity contribution >= 4 is 22.4 Å². The molecule has 1 aromatic heterocycles. The van der Waals surface area contributed by atoms with Crippen molar-refractivity contribution in [3.63, 3.8) is 0 Å². The average molecular weight is 228 g/mol. The summed E-state index contributed by atoms with van der Waals surface area (Å²) in [5.41, 5.74) is 5.43. The van der Waals surface area contributed by atoms with Gasteiger partial charge in [0, 0.05) is 13.1 Å². The van der Waals surface area contributed by atoms with Gasteiger partial charge in [-0.05, 0) is 13.3 Å². The van der Waals surface area contributed by atoms with Gasteiger partial charge in [0.15, 0.2) is 0 Å². The Hall–Kier alpha value is -1.17. The second kappa shape index (κ2) is 5.65. The van der Waals surface area contributed by atoms with E-state index in [9.17, 15) is 4.79 Å². The molecule has 0 bridgehead atoms. The second-order valence-electron chi connectivity index (χ2n) is 3.18. The van der Waals surface area contributed by atoms with Crippen molar-refractivity contribution in [3.05, 3.63) is 5.01 Å². The fourth-order valence-corrected chi connectivity index (χ4v) is 1.79. The monoisotopic (exact) mass is 228 g/mol. The first-order valence-electron chi connectivity index (χ1n) is 5.07. The molecule has 1 rings (SSSR count). The Balaban J connectivity index is 2.64. The maximum Gasteiger partial charge on any atom is 0.284 e. The molecule has 1 aromatic rings. The van der Waals surface area contributed by atoms with E-state index in [-0.39, 0.29) is 5.91 Å². The summed E-state index contributed by atoms with van der Waals surface area (Å²) in [4.78, 5) is 13.6. The molecule has 0 saturated carbocycles. The summed E-state index contributed by atoms with van der Waals surface area (Å²) in [5, 5.41) is 8.10. The first-order chi connectivity index (χ1) is 7.19. The Labute approximate surface area is 93.3 Å². The largest absolute Gasteiger partial charge is 0.374 e. The van der Waals surface area contributed by atoms with E-state index in [1.807, 2.05) is 6.92 Å². The Kier molecular flexibility index (Phi) is 4.48. The zero-order chi connectivity index (χ0) is 11.3. The Morgan fingerprint density at radius 1 is 1.47 bits per heavy atom. The van der Waals surface area contributed by atoms with Crippen LogP contribution in [-0.2, 0) is 0 Å². The van der Waals surface area contributed by atoms with Crippen molar-refractivity contribution in [2.75, 3.05) is 18.8 Å². The number of hydrogen-bond acceptors (Lipinski definition) is 5. The number of nitrogen functional groups attached to an aromatic ring is 1. The van der Waals surface area contributed by atoms with Crippen molar-refractivity contribution in [2.45, 2.75) is 26.7 Å². The van der Waals surface area contributed by atoms with Gasteiger partial charge in [0.05, 0.1) is 0 Å². The van der Waals surface area contributed by atoms with Crippen molar-refractivity contribution in [1.82, 2.24) is 15.1 Å². The van der Waals surface area contributed by atoms with Crippen LogP contribution in [0.2, 0.25) is 0 Å². The van der Waals surface area contributed by atoms with Crippen LogP contribution in [0.15, 0.2) is 0 Å². The van der Waals surface area contributed by atoms with E-state index in [4.69, 9.17) is 5.73 Å². The number of rotatable bonds is 5. The highest BCUT2D eigenvalue weighted by Crippen LogP contribution is 2.13. The minimum absolute atomic E-state index is 0.0693. The van der Waals surface area contributed by atoms with E-state index in [2.05, 4.69) is 17.1 Å². The highest BCUT2D eigenvalue weighted by Gasteiger charge is 2.17. The second-order valence-corrected chi connectivity index (χ2v) is 4.19. The standard InChI is InChI=1S/C9H16N4OS/c1-3-5-6-13(4-2)8(14)7-11-12-9(10)15-7/h3-6H2,1-2H3,(H2,10,12). The van der Waals surface area contributed by atoms with Gasteiger partial charge in [-0.2, -0.15) is 0 Å². The SMILES string of the molecule is CCCCN(CC)C(=O)c1nnc(N)s1. The van der Waals surface area contributed by atoms with Crippen LogP contribution in [0, 0.1) is 0 Å². The van der Waals surface area contributed by atoms with Crippen molar-refractivity contribution in [3.8, 4) is 0 Å². The van der Waals surface area contributed by atoms with Gasteiger partial charge < -0.3 is 10.6 Å². The van der Waals surface area contributed by atoms with Gasteiger partial charge in [0.1, 0.15) is 0 Å². The number of nitrogens with two attached hydrogens (primary N) is 1. The maximum absolute atomic E-state index is 11.9. The molecule has 0 unspecified atom stereocenters. The Bertz CT molecular complexity index is 326. The smallest absolute Gasteiger partial charge is 0.284 e. The minimum Gasteiger partial charge on any atom is -0.374 e. The van der Waals surface area contributed by atoms with Crippen LogP contribution < -0.4 is 5.73 Å². The Morgan fingerprint density at radius 2 is 2.20 bits per heavy atom. The normalized spacial score (nSPS) is 10.3. The number of aromatic nitrogens is 2. The van der Waals surface area contributed by atoms with Crippen molar-refractivity contribution < 1.29 is 4.79 Å². The average Bonchev–Trinajstić information content (AvgIpc) is 2.65. The van der Waals surface area contributed by atoms with E-state index in [0.29, 0.717) is 16.7 Å². The minimum atomic E-state index is -0.0693. The molecule has 1 amide bonds. The molecule has 0 aliphatic carbocycles. The van der Waals surface area contributed by atoms with Crippen LogP contribution in [-0.4, -0.2) is 34.1 Å². The summed E-state index contributed by atoms with van der Waals surface area (Å²) < 4.78 is 0. The molecular weight excluding hydrogens is 212 g/mol. The molecule has 0 atom stereocenters. The Morgan fingerprint density at radius 3 is 2.67 bits per heavy atom. The fraction of sp³-hybridized carbons (Fsp3) is 0.667. The maximum atomic E-state index is 11.9. The van der Waals surface area contributed by atoms with E-state index in [1.165, 1.54) is 0 Å². The number of unbranched alkanes of at least 4 members (excludes halogenated alkanes) is 1. The zero-order valence-corrected chi connectivity index (χ0v) is 9.88. The number of carbonyl (C=O) groups is 1. The van der Waals surface area contributed by atoms with E-state index < -0.39 is 0 Å². The quantitative estimate of drug-likeness (QED) is 0.826. The first kappa shape index (κ1) is 11.9. The number of hydrogen-bond donors (Lipinski definition) is 1. The van der Waals surface area contributed by atoms with Gasteiger partial charge in [0.2, 0.25) is 10.1 Å². The molecule has 0 saturated heterocycles. The van der Waals surface area contributed by atoms with Gasteiger partial charge in [-0.3, -0.25) is 4.79 Å². The lowest BCUT2D eigenvalue weighted by Crippen LogP contribution is -2.31. The van der Waals surface area contributed by atoms with Gasteiger partial charge in [-0.15, -0.1) is 10.2 Å². The van der Waals surface area contributed by atoms with Gasteiger partial charge in [-0.1, -0.05) is 24.7 Å². The van der Waals surface area contributed by atoms with E-state index in [0.717, 1.165) is 30.7 Å². The van der Waals surface area contributed by atoms with Crippen LogP contribution in [0.4, 0.5) is 5.13 Å². The third-order valence-corrected chi connectivity index (χ3v) is 2.81. The highest BCUT2D eigenvalue weighted by molar-refractivity contribution is 7.16. The summed E-state index contributed by atoms with van der Waals surface area (Å²) in [7, 11) is 0. The molecule has 5 nitrogen and oxygen atoms in total. The summed E-state index contributed by atoms with van der Waals surface area (Å²) >= 11 is 1.14. The van der Waals surface area contributed by atoms with Crippen molar-refractivity contribution in [1.29, 1.82) is 0 Å². The molecule has 1 heterocycles. The summed E-state index contributed by atoms with van der Waals surface area (Å²) in [6, 6.07) is 0. The number of nitrogens with zero attached hydrogens (tertiary/aromatic N) is 3. The van der Waals surface area contributed by atoms with Crippen LogP contribution >= 0.6 is 11.3 Å². The zero-order valence-electron chi connectivity index (χ0n) is 9.06. The van der Waals surface area contributed by atoms with Gasteiger partial charge in [0.25, 0.3) is 5.91 Å². The highest BCUT2D eigenvalue weighted by atomic mass is 32.1. The van der Waals surface area contributed by atoms with Gasteiger partial charge in [-0.25, -0.2) is 0 Å². The number of amides is 1. The molecule has 0 aliphatic heterocycles. The number of anilines is 1. The summed E-state index contributed by atoms with van der Waals surface area (Å²) in [6.45, 7) is 5.52. The molecule has 0 fully saturated rings. The topological polar surface area (TPSA) is 72.1 Å². The predicted molar refractivity (Wildman–Crippen MR) is 60.8 cm³/mol. The van der Waals surface area contributed by atoms with E-state index >= 15 is 0 Å². The van der Waals surface area contributed by atoms with Crippen LogP contribution in [0.25, 0.3) is 0 Å². The molecule has 0 aromatic carbocycles. The molecule has 2 N–H and O–H groups in total. The predicted octanol–water partition coefficient (Wildman–Crippen LogP) is 1.38. The lowest BCUT2D eigenvalue weighted by Gasteiger charge is -2.18.